The molecule has 0 aromatic rings. The summed E-state index contributed by atoms with van der Waals surface area (Å²) in [6.45, 7) is 5.51. The first kappa shape index (κ1) is 10.2. The van der Waals surface area contributed by atoms with Gasteiger partial charge in [0, 0.05) is 7.11 Å². The smallest absolute Gasteiger partial charge is 0.308 e. The molecule has 0 radical (unpaired) electrons. The molecule has 0 saturated carbocycles. The summed E-state index contributed by atoms with van der Waals surface area (Å²) in [5, 5.41) is 0. The largest absolute Gasteiger partial charge is 0.461 e. The van der Waals surface area contributed by atoms with Crippen LogP contribution in [-0.4, -0.2) is 25.8 Å². The van der Waals surface area contributed by atoms with Gasteiger partial charge in [-0.2, -0.15) is 0 Å². The Hall–Kier alpha value is -0.830. The second-order valence-electron chi connectivity index (χ2n) is 2.22. The van der Waals surface area contributed by atoms with E-state index in [0.29, 0.717) is 6.42 Å². The third kappa shape index (κ3) is 5.61. The maximum atomic E-state index is 10.8. The second-order valence-corrected chi connectivity index (χ2v) is 2.22. The highest BCUT2D eigenvalue weighted by Crippen LogP contribution is 1.96. The zero-order valence-electron chi connectivity index (χ0n) is 7.00. The highest BCUT2D eigenvalue weighted by molar-refractivity contribution is 5.69. The molecule has 1 unspecified atom stereocenters. The molecule has 0 aromatic carbocycles. The molecule has 0 rings (SSSR count). The van der Waals surface area contributed by atoms with Gasteiger partial charge in [-0.3, -0.25) is 4.79 Å². The quantitative estimate of drug-likeness (QED) is 0.444. The van der Waals surface area contributed by atoms with Crippen molar-refractivity contribution in [1.29, 1.82) is 0 Å². The number of carbonyl (C=O) groups is 1. The van der Waals surface area contributed by atoms with Gasteiger partial charge in [-0.05, 0) is 6.92 Å². The summed E-state index contributed by atoms with van der Waals surface area (Å²) < 4.78 is 9.60. The molecule has 0 heterocycles. The first-order chi connectivity index (χ1) is 5.20. The average molecular weight is 158 g/mol. The molecule has 11 heavy (non-hydrogen) atoms. The lowest BCUT2D eigenvalue weighted by molar-refractivity contribution is -0.144. The maximum Gasteiger partial charge on any atom is 0.308 e. The minimum absolute atomic E-state index is 0.0766. The lowest BCUT2D eigenvalue weighted by Crippen LogP contribution is -2.14. The predicted molar refractivity (Wildman–Crippen MR) is 42.2 cm³/mol. The van der Waals surface area contributed by atoms with E-state index < -0.39 is 0 Å². The average Bonchev–Trinajstić information content (AvgIpc) is 2.00. The summed E-state index contributed by atoms with van der Waals surface area (Å²) in [7, 11) is 1.56. The molecule has 0 aliphatic carbocycles. The molecule has 0 bridgehead atoms. The molecule has 0 aliphatic heterocycles. The van der Waals surface area contributed by atoms with Crippen LogP contribution in [0.15, 0.2) is 12.7 Å². The Morgan fingerprint density at radius 1 is 1.73 bits per heavy atom. The predicted octanol–water partition coefficient (Wildman–Crippen LogP) is 1.14. The van der Waals surface area contributed by atoms with Crippen molar-refractivity contribution >= 4 is 5.97 Å². The number of hydrogen-bond donors (Lipinski definition) is 0. The second kappa shape index (κ2) is 5.92. The molecular formula is C8H14O3. The number of hydrogen-bond acceptors (Lipinski definition) is 3. The Morgan fingerprint density at radius 3 is 2.82 bits per heavy atom. The minimum Gasteiger partial charge on any atom is -0.461 e. The molecule has 0 N–H and O–H groups in total. The van der Waals surface area contributed by atoms with Crippen LogP contribution in [0.25, 0.3) is 0 Å². The maximum absolute atomic E-state index is 10.8. The molecule has 0 aliphatic rings. The number of methoxy groups -OCH3 is 1. The van der Waals surface area contributed by atoms with E-state index in [1.807, 2.05) is 6.92 Å². The summed E-state index contributed by atoms with van der Waals surface area (Å²) in [6.07, 6.45) is 1.76. The third-order valence-corrected chi connectivity index (χ3v) is 1.22. The summed E-state index contributed by atoms with van der Waals surface area (Å²) in [5.41, 5.74) is 0. The molecule has 3 heteroatoms. The fourth-order valence-corrected chi connectivity index (χ4v) is 0.529. The third-order valence-electron chi connectivity index (χ3n) is 1.22. The van der Waals surface area contributed by atoms with E-state index in [-0.39, 0.29) is 18.7 Å². The van der Waals surface area contributed by atoms with E-state index in [0.717, 1.165) is 0 Å². The Labute approximate surface area is 67.0 Å². The molecule has 3 nitrogen and oxygen atoms in total. The Kier molecular flexibility index (Phi) is 5.47. The van der Waals surface area contributed by atoms with Crippen molar-refractivity contribution in [3.05, 3.63) is 12.7 Å². The first-order valence-corrected chi connectivity index (χ1v) is 3.50. The van der Waals surface area contributed by atoms with E-state index in [1.165, 1.54) is 6.08 Å². The van der Waals surface area contributed by atoms with E-state index >= 15 is 0 Å². The van der Waals surface area contributed by atoms with Gasteiger partial charge in [0.25, 0.3) is 0 Å². The molecule has 64 valence electrons. The van der Waals surface area contributed by atoms with E-state index in [1.54, 1.807) is 7.11 Å². The first-order valence-electron chi connectivity index (χ1n) is 3.50. The summed E-state index contributed by atoms with van der Waals surface area (Å²) in [4.78, 5) is 10.8. The molecule has 0 fully saturated rings. The number of rotatable bonds is 5. The van der Waals surface area contributed by atoms with Crippen molar-refractivity contribution in [2.75, 3.05) is 13.7 Å². The summed E-state index contributed by atoms with van der Waals surface area (Å²) in [6, 6.07) is 0. The molecule has 0 saturated heterocycles. The van der Waals surface area contributed by atoms with Crippen LogP contribution in [0.4, 0.5) is 0 Å². The van der Waals surface area contributed by atoms with Crippen molar-refractivity contribution < 1.29 is 14.3 Å². The van der Waals surface area contributed by atoms with Gasteiger partial charge in [0.2, 0.25) is 0 Å². The van der Waals surface area contributed by atoms with Crippen LogP contribution in [0.5, 0.6) is 0 Å². The lowest BCUT2D eigenvalue weighted by Gasteiger charge is -2.07. The van der Waals surface area contributed by atoms with Gasteiger partial charge in [-0.25, -0.2) is 0 Å². The summed E-state index contributed by atoms with van der Waals surface area (Å²) >= 11 is 0. The topological polar surface area (TPSA) is 35.5 Å². The Bertz CT molecular complexity index is 131. The van der Waals surface area contributed by atoms with Gasteiger partial charge >= 0.3 is 5.97 Å². The van der Waals surface area contributed by atoms with Crippen LogP contribution in [0.1, 0.15) is 13.3 Å². The normalized spacial score (nSPS) is 12.2. The van der Waals surface area contributed by atoms with Crippen LogP contribution in [0.3, 0.4) is 0 Å². The highest BCUT2D eigenvalue weighted by atomic mass is 16.5. The molecular weight excluding hydrogens is 144 g/mol. The van der Waals surface area contributed by atoms with Gasteiger partial charge in [0.15, 0.2) is 0 Å². The van der Waals surface area contributed by atoms with Crippen molar-refractivity contribution in [2.24, 2.45) is 0 Å². The van der Waals surface area contributed by atoms with E-state index in [2.05, 4.69) is 6.58 Å². The minimum atomic E-state index is -0.251. The van der Waals surface area contributed by atoms with Gasteiger partial charge in [0.1, 0.15) is 6.61 Å². The van der Waals surface area contributed by atoms with Crippen molar-refractivity contribution in [3.63, 3.8) is 0 Å². The van der Waals surface area contributed by atoms with Crippen molar-refractivity contribution in [1.82, 2.24) is 0 Å². The van der Waals surface area contributed by atoms with Crippen LogP contribution in [-0.2, 0) is 14.3 Å². The van der Waals surface area contributed by atoms with Crippen LogP contribution < -0.4 is 0 Å². The summed E-state index contributed by atoms with van der Waals surface area (Å²) in [5.74, 6) is -0.251. The van der Waals surface area contributed by atoms with Gasteiger partial charge < -0.3 is 9.47 Å². The molecule has 0 spiro atoms. The fraction of sp³-hybridized carbons (Fsp3) is 0.625. The Morgan fingerprint density at radius 2 is 2.36 bits per heavy atom. The number of carbonyl (C=O) groups excluding carboxylic acids is 1. The van der Waals surface area contributed by atoms with Crippen LogP contribution >= 0.6 is 0 Å². The van der Waals surface area contributed by atoms with Crippen molar-refractivity contribution in [3.8, 4) is 0 Å². The molecule has 0 aromatic heterocycles. The standard InChI is InChI=1S/C8H14O3/c1-4-5-11-8(9)6-7(2)10-3/h4,7H,1,5-6H2,2-3H3. The fourth-order valence-electron chi connectivity index (χ4n) is 0.529. The van der Waals surface area contributed by atoms with Gasteiger partial charge in [-0.15, -0.1) is 0 Å². The zero-order chi connectivity index (χ0) is 8.69. The zero-order valence-corrected chi connectivity index (χ0v) is 7.00. The van der Waals surface area contributed by atoms with Crippen LogP contribution in [0.2, 0.25) is 0 Å². The Balaban J connectivity index is 3.43. The molecule has 1 atom stereocenters. The highest BCUT2D eigenvalue weighted by Gasteiger charge is 2.07. The van der Waals surface area contributed by atoms with Crippen molar-refractivity contribution in [2.45, 2.75) is 19.4 Å². The lowest BCUT2D eigenvalue weighted by atomic mass is 10.3. The monoisotopic (exact) mass is 158 g/mol. The number of esters is 1. The van der Waals surface area contributed by atoms with E-state index in [4.69, 9.17) is 9.47 Å². The van der Waals surface area contributed by atoms with E-state index in [9.17, 15) is 4.79 Å². The number of ether oxygens (including phenoxy) is 2. The molecule has 0 amide bonds. The SMILES string of the molecule is C=CCOC(=O)CC(C)OC. The van der Waals surface area contributed by atoms with Crippen LogP contribution in [0, 0.1) is 0 Å². The van der Waals surface area contributed by atoms with Gasteiger partial charge in [0.05, 0.1) is 12.5 Å². The van der Waals surface area contributed by atoms with Gasteiger partial charge in [-0.1, -0.05) is 12.7 Å².